The Morgan fingerprint density at radius 1 is 1.00 bits per heavy atom. The lowest BCUT2D eigenvalue weighted by Gasteiger charge is -2.24. The van der Waals surface area contributed by atoms with Gasteiger partial charge in [-0.05, 0) is 52.0 Å². The minimum atomic E-state index is 0.616. The number of ether oxygens (including phenoxy) is 1. The van der Waals surface area contributed by atoms with E-state index in [1.807, 2.05) is 25.9 Å². The lowest BCUT2D eigenvalue weighted by molar-refractivity contribution is -0.646. The third-order valence-electron chi connectivity index (χ3n) is 5.47. The number of hydrazone groups is 1. The van der Waals surface area contributed by atoms with Crippen molar-refractivity contribution in [2.45, 2.75) is 27.7 Å². The highest BCUT2D eigenvalue weighted by atomic mass is 16.5. The van der Waals surface area contributed by atoms with Crippen LogP contribution in [0.15, 0.2) is 59.7 Å². The van der Waals surface area contributed by atoms with Crippen LogP contribution in [0.4, 0.5) is 11.4 Å². The van der Waals surface area contributed by atoms with Crippen LogP contribution in [-0.4, -0.2) is 32.5 Å². The van der Waals surface area contributed by atoms with Crippen LogP contribution in [0.1, 0.15) is 33.4 Å². The number of aryl methyl sites for hydroxylation is 1. The van der Waals surface area contributed by atoms with E-state index in [-0.39, 0.29) is 0 Å². The van der Waals surface area contributed by atoms with Crippen molar-refractivity contribution in [1.82, 2.24) is 0 Å². The molecule has 0 aliphatic heterocycles. The van der Waals surface area contributed by atoms with E-state index in [4.69, 9.17) is 9.84 Å². The van der Waals surface area contributed by atoms with E-state index >= 15 is 0 Å². The van der Waals surface area contributed by atoms with Crippen LogP contribution in [0.25, 0.3) is 10.9 Å². The van der Waals surface area contributed by atoms with Crippen LogP contribution in [-0.2, 0) is 7.05 Å². The predicted molar refractivity (Wildman–Crippen MR) is 127 cm³/mol. The summed E-state index contributed by atoms with van der Waals surface area (Å²) in [5, 5.41) is 8.00. The van der Waals surface area contributed by atoms with Crippen molar-refractivity contribution < 1.29 is 9.30 Å². The van der Waals surface area contributed by atoms with Crippen LogP contribution in [0.3, 0.4) is 0 Å². The van der Waals surface area contributed by atoms with Crippen molar-refractivity contribution in [3.63, 3.8) is 0 Å². The number of fused-ring (bicyclic) bond motifs is 1. The van der Waals surface area contributed by atoms with E-state index in [1.54, 1.807) is 0 Å². The zero-order valence-electron chi connectivity index (χ0n) is 19.0. The van der Waals surface area contributed by atoms with Crippen molar-refractivity contribution in [3.8, 4) is 5.75 Å². The van der Waals surface area contributed by atoms with Gasteiger partial charge in [-0.2, -0.15) is 9.67 Å². The molecule has 0 aliphatic rings. The van der Waals surface area contributed by atoms with Gasteiger partial charge in [0.15, 0.2) is 0 Å². The van der Waals surface area contributed by atoms with Gasteiger partial charge >= 0.3 is 0 Å². The topological polar surface area (TPSA) is 31.9 Å². The molecular formula is C25H33N4O+. The normalized spacial score (nSPS) is 11.6. The molecule has 5 nitrogen and oxygen atoms in total. The Hall–Kier alpha value is -3.08. The van der Waals surface area contributed by atoms with E-state index in [2.05, 4.69) is 85.0 Å². The second kappa shape index (κ2) is 9.61. The predicted octanol–water partition coefficient (Wildman–Crippen LogP) is 4.77. The number of anilines is 2. The summed E-state index contributed by atoms with van der Waals surface area (Å²) < 4.78 is 8.15. The van der Waals surface area contributed by atoms with Gasteiger partial charge in [0, 0.05) is 49.4 Å². The molecule has 0 bridgehead atoms. The number of pyridine rings is 1. The van der Waals surface area contributed by atoms with Crippen molar-refractivity contribution in [2.75, 3.05) is 36.7 Å². The van der Waals surface area contributed by atoms with Crippen LogP contribution in [0.5, 0.6) is 5.75 Å². The number of hydrogen-bond donors (Lipinski definition) is 0. The van der Waals surface area contributed by atoms with Gasteiger partial charge in [-0.1, -0.05) is 12.1 Å². The maximum Gasteiger partial charge on any atom is 0.228 e. The van der Waals surface area contributed by atoms with E-state index in [0.29, 0.717) is 6.61 Å². The van der Waals surface area contributed by atoms with Crippen molar-refractivity contribution in [3.05, 3.63) is 60.3 Å². The summed E-state index contributed by atoms with van der Waals surface area (Å²) in [6, 6.07) is 19.0. The molecule has 0 fully saturated rings. The first kappa shape index (κ1) is 21.6. The second-order valence-electron chi connectivity index (χ2n) is 7.30. The molecule has 30 heavy (non-hydrogen) atoms. The molecule has 2 aromatic carbocycles. The third kappa shape index (κ3) is 4.40. The Labute approximate surface area is 180 Å². The van der Waals surface area contributed by atoms with Crippen molar-refractivity contribution >= 4 is 28.0 Å². The van der Waals surface area contributed by atoms with Crippen molar-refractivity contribution in [1.29, 1.82) is 0 Å². The molecule has 0 spiro atoms. The molecule has 0 radical (unpaired) electrons. The Morgan fingerprint density at radius 3 is 2.43 bits per heavy atom. The molecule has 0 saturated carbocycles. The monoisotopic (exact) mass is 405 g/mol. The Bertz CT molecular complexity index is 1040. The van der Waals surface area contributed by atoms with Crippen LogP contribution in [0.2, 0.25) is 0 Å². The van der Waals surface area contributed by atoms with Crippen molar-refractivity contribution in [2.24, 2.45) is 12.1 Å². The minimum Gasteiger partial charge on any atom is -0.492 e. The highest BCUT2D eigenvalue weighted by Crippen LogP contribution is 2.33. The van der Waals surface area contributed by atoms with Crippen LogP contribution >= 0.6 is 0 Å². The largest absolute Gasteiger partial charge is 0.492 e. The molecule has 0 aliphatic carbocycles. The molecule has 0 N–H and O–H groups in total. The standard InChI is InChI=1S/C25H33N4O/c1-7-29(8-2)21-15-17-24(25(18-21)30-9-3)28(6)26-19(4)22-16-14-20-12-10-11-13-23(20)27(22)5/h10-18H,7-9H2,1-6H3/q+1. The van der Waals surface area contributed by atoms with E-state index in [9.17, 15) is 0 Å². The van der Waals surface area contributed by atoms with Gasteiger partial charge in [-0.15, -0.1) is 0 Å². The summed E-state index contributed by atoms with van der Waals surface area (Å²) in [5.41, 5.74) is 5.34. The summed E-state index contributed by atoms with van der Waals surface area (Å²) in [6.45, 7) is 10.9. The molecular weight excluding hydrogens is 372 g/mol. The molecule has 1 aromatic heterocycles. The molecule has 3 rings (SSSR count). The first-order chi connectivity index (χ1) is 14.5. The first-order valence-electron chi connectivity index (χ1n) is 10.7. The number of rotatable bonds is 8. The number of nitrogens with zero attached hydrogens (tertiary/aromatic N) is 4. The van der Waals surface area contributed by atoms with Gasteiger partial charge in [-0.3, -0.25) is 5.01 Å². The molecule has 0 amide bonds. The number of para-hydroxylation sites is 1. The Morgan fingerprint density at radius 2 is 1.73 bits per heavy atom. The second-order valence-corrected chi connectivity index (χ2v) is 7.30. The summed E-state index contributed by atoms with van der Waals surface area (Å²) in [6.07, 6.45) is 0. The highest BCUT2D eigenvalue weighted by molar-refractivity contribution is 5.97. The van der Waals surface area contributed by atoms with E-state index < -0.39 is 0 Å². The summed E-state index contributed by atoms with van der Waals surface area (Å²) in [5.74, 6) is 0.851. The Kier molecular flexibility index (Phi) is 6.93. The van der Waals surface area contributed by atoms with E-state index in [0.717, 1.165) is 35.9 Å². The van der Waals surface area contributed by atoms with Gasteiger partial charge in [0.05, 0.1) is 6.61 Å². The number of hydrogen-bond acceptors (Lipinski definition) is 4. The fourth-order valence-electron chi connectivity index (χ4n) is 3.86. The quantitative estimate of drug-likeness (QED) is 0.307. The van der Waals surface area contributed by atoms with Crippen LogP contribution in [0, 0.1) is 0 Å². The van der Waals surface area contributed by atoms with E-state index in [1.165, 1.54) is 16.6 Å². The number of aromatic nitrogens is 1. The first-order valence-corrected chi connectivity index (χ1v) is 10.7. The molecule has 158 valence electrons. The summed E-state index contributed by atoms with van der Waals surface area (Å²) >= 11 is 0. The Balaban J connectivity index is 1.96. The van der Waals surface area contributed by atoms with Gasteiger partial charge in [0.25, 0.3) is 0 Å². The molecule has 0 saturated heterocycles. The molecule has 0 unspecified atom stereocenters. The molecule has 5 heteroatoms. The highest BCUT2D eigenvalue weighted by Gasteiger charge is 2.17. The van der Waals surface area contributed by atoms with Gasteiger partial charge in [0.2, 0.25) is 11.2 Å². The van der Waals surface area contributed by atoms with Crippen LogP contribution < -0.4 is 19.2 Å². The lowest BCUT2D eigenvalue weighted by atomic mass is 10.1. The third-order valence-corrected chi connectivity index (χ3v) is 5.47. The molecule has 3 aromatic rings. The smallest absolute Gasteiger partial charge is 0.228 e. The maximum absolute atomic E-state index is 5.96. The van der Waals surface area contributed by atoms with Gasteiger partial charge in [-0.25, -0.2) is 0 Å². The minimum absolute atomic E-state index is 0.616. The zero-order valence-corrected chi connectivity index (χ0v) is 19.0. The van der Waals surface area contributed by atoms with Gasteiger partial charge in [0.1, 0.15) is 24.2 Å². The summed E-state index contributed by atoms with van der Waals surface area (Å²) in [7, 11) is 4.06. The SMILES string of the molecule is CCOc1cc(N(CC)CC)ccc1N(C)N=C(C)c1ccc2ccccc2[n+]1C. The molecule has 1 heterocycles. The van der Waals surface area contributed by atoms with Gasteiger partial charge < -0.3 is 9.64 Å². The average Bonchev–Trinajstić information content (AvgIpc) is 2.75. The summed E-state index contributed by atoms with van der Waals surface area (Å²) in [4.78, 5) is 2.32. The lowest BCUT2D eigenvalue weighted by Crippen LogP contribution is -2.37. The maximum atomic E-state index is 5.96. The average molecular weight is 406 g/mol. The number of benzene rings is 2. The zero-order chi connectivity index (χ0) is 21.7. The molecule has 0 atom stereocenters. The fraction of sp³-hybridized carbons (Fsp3) is 0.360. The fourth-order valence-corrected chi connectivity index (χ4v) is 3.86.